The molecule has 0 aromatic rings. The van der Waals surface area contributed by atoms with Gasteiger partial charge in [-0.1, -0.05) is 0 Å². The summed E-state index contributed by atoms with van der Waals surface area (Å²) in [6.07, 6.45) is 0.715. The summed E-state index contributed by atoms with van der Waals surface area (Å²) in [6, 6.07) is 0. The first-order chi connectivity index (χ1) is 12.0. The maximum atomic E-state index is 10.4. The number of hydrogen-bond donors (Lipinski definition) is 11. The van der Waals surface area contributed by atoms with E-state index in [2.05, 4.69) is 0 Å². The molecule has 0 aliphatic heterocycles. The van der Waals surface area contributed by atoms with Crippen LogP contribution in [0.1, 0.15) is 1.43 Å². The fraction of sp³-hybridized carbons (Fsp3) is 1.00. The molecular weight excluding hydrogens is 589 g/mol. The molecule has 0 unspecified atom stereocenters. The van der Waals surface area contributed by atoms with Crippen molar-refractivity contribution >= 4 is 49.7 Å². The molecule has 0 amide bonds. The number of hydrogen-bond acceptors (Lipinski definition) is 7. The second-order valence-electron chi connectivity index (χ2n) is 3.10. The average Bonchev–Trinajstić information content (AvgIpc) is 1.94. The molecule has 194 valence electrons. The molecule has 0 fully saturated rings. The third-order valence-electron chi connectivity index (χ3n) is 0. The van der Waals surface area contributed by atoms with E-state index in [4.69, 9.17) is 76.3 Å². The topological polar surface area (TPSA) is 342 Å². The Morgan fingerprint density at radius 2 is 0.516 bits per heavy atom. The molecule has 30 heteroatoms. The second kappa shape index (κ2) is 20.3. The van der Waals surface area contributed by atoms with E-state index >= 15 is 0 Å². The van der Waals surface area contributed by atoms with Crippen molar-refractivity contribution in [3.63, 3.8) is 0 Å². The van der Waals surface area contributed by atoms with Gasteiger partial charge < -0.3 is 1.43 Å². The summed E-state index contributed by atoms with van der Waals surface area (Å²) in [5.41, 5.74) is 0. The Hall–Kier alpha value is 0.907. The molecule has 0 aromatic heterocycles. The van der Waals surface area contributed by atoms with Gasteiger partial charge in [-0.2, -0.15) is 8.42 Å². The van der Waals surface area contributed by atoms with Gasteiger partial charge in [0.1, 0.15) is 0 Å². The van der Waals surface area contributed by atoms with Crippen molar-refractivity contribution in [2.75, 3.05) is 6.26 Å². The Labute approximate surface area is 182 Å². The van der Waals surface area contributed by atoms with E-state index < -0.39 is 49.7 Å². The van der Waals surface area contributed by atoms with Gasteiger partial charge in [0.15, 0.2) is 0 Å². The third-order valence-corrected chi connectivity index (χ3v) is 0. The molecule has 0 heterocycles. The van der Waals surface area contributed by atoms with E-state index in [9.17, 15) is 29.4 Å². The zero-order valence-corrected chi connectivity index (χ0v) is 19.6. The van der Waals surface area contributed by atoms with Crippen LogP contribution >= 0.6 is 39.5 Å². The summed E-state index contributed by atoms with van der Waals surface area (Å²) in [5, 5.41) is 0. The van der Waals surface area contributed by atoms with Crippen LogP contribution < -0.4 is 18.9 Å². The quantitative estimate of drug-likeness (QED) is 0.0563. The maximum absolute atomic E-state index is 10.4. The van der Waals surface area contributed by atoms with Gasteiger partial charge in [-0.15, -0.1) is 21.0 Å². The molecule has 0 rings (SSSR count). The molecule has 0 saturated carbocycles. The molecule has 0 aliphatic rings. The fourth-order valence-electron chi connectivity index (χ4n) is 0. The Morgan fingerprint density at radius 3 is 0.516 bits per heavy atom. The van der Waals surface area contributed by atoms with E-state index in [-0.39, 0.29) is 20.3 Å². The molecular formula is CH15F5LiO18P5S. The Kier molecular flexibility index (Phi) is 32.2. The molecule has 11 N–H and O–H groups in total. The van der Waals surface area contributed by atoms with Crippen LogP contribution in [0.2, 0.25) is 0 Å². The maximum Gasteiger partial charge on any atom is 1.00 e. The standard InChI is InChI=1S/CH4O3S.5FH2O3P.Li.H/c6*1-5(2,3)4;;/h1H3,(H,2,3,4);5*(H2,2,3,4);;/q;;;;;;+1;-1. The minimum absolute atomic E-state index is 0. The van der Waals surface area contributed by atoms with Gasteiger partial charge in [-0.3, -0.25) is 53.5 Å². The average molecular weight is 604 g/mol. The molecule has 0 bridgehead atoms. The molecule has 0 radical (unpaired) electrons. The van der Waals surface area contributed by atoms with E-state index in [1.54, 1.807) is 0 Å². The van der Waals surface area contributed by atoms with Gasteiger partial charge in [-0.25, -0.2) is 22.8 Å². The van der Waals surface area contributed by atoms with Crippen LogP contribution in [0.15, 0.2) is 0 Å². The van der Waals surface area contributed by atoms with Crippen molar-refractivity contribution in [2.24, 2.45) is 0 Å². The van der Waals surface area contributed by atoms with E-state index in [0.29, 0.717) is 6.26 Å². The van der Waals surface area contributed by atoms with Crippen molar-refractivity contribution < 1.29 is 126 Å². The zero-order chi connectivity index (χ0) is 27.0. The largest absolute Gasteiger partial charge is 1.00 e. The molecule has 18 nitrogen and oxygen atoms in total. The van der Waals surface area contributed by atoms with Gasteiger partial charge in [0.2, 0.25) is 0 Å². The minimum atomic E-state index is -5.14. The van der Waals surface area contributed by atoms with Gasteiger partial charge in [0.25, 0.3) is 10.1 Å². The van der Waals surface area contributed by atoms with Crippen LogP contribution in [0.4, 0.5) is 21.0 Å². The van der Waals surface area contributed by atoms with E-state index in [1.165, 1.54) is 0 Å². The Balaban J connectivity index is -0.0000000356. The van der Waals surface area contributed by atoms with Crippen LogP contribution in [0.3, 0.4) is 0 Å². The van der Waals surface area contributed by atoms with Crippen molar-refractivity contribution in [3.05, 3.63) is 0 Å². The van der Waals surface area contributed by atoms with Crippen molar-refractivity contribution in [3.8, 4) is 0 Å². The Morgan fingerprint density at radius 1 is 0.516 bits per heavy atom. The third kappa shape index (κ3) is 31400. The first-order valence-electron chi connectivity index (χ1n) is 4.68. The van der Waals surface area contributed by atoms with E-state index in [0.717, 1.165) is 0 Å². The van der Waals surface area contributed by atoms with Crippen LogP contribution in [0.25, 0.3) is 0 Å². The fourth-order valence-corrected chi connectivity index (χ4v) is 0. The minimum Gasteiger partial charge on any atom is -1.00 e. The van der Waals surface area contributed by atoms with Crippen molar-refractivity contribution in [2.45, 2.75) is 0 Å². The van der Waals surface area contributed by atoms with Crippen LogP contribution in [-0.4, -0.2) is 68.2 Å². The first kappa shape index (κ1) is 49.1. The normalized spacial score (nSPS) is 11.4. The monoisotopic (exact) mass is 604 g/mol. The molecule has 0 aromatic carbocycles. The smallest absolute Gasteiger partial charge is 1.00 e. The second-order valence-corrected chi connectivity index (χ2v) is 9.29. The molecule has 0 atom stereocenters. The summed E-state index contributed by atoms with van der Waals surface area (Å²) in [6.45, 7) is 0. The molecule has 0 spiro atoms. The molecule has 0 aliphatic carbocycles. The van der Waals surface area contributed by atoms with Crippen LogP contribution in [0.5, 0.6) is 0 Å². The van der Waals surface area contributed by atoms with Crippen molar-refractivity contribution in [1.29, 1.82) is 0 Å². The van der Waals surface area contributed by atoms with Gasteiger partial charge in [0.05, 0.1) is 6.26 Å². The molecule has 0 saturated heterocycles. The van der Waals surface area contributed by atoms with Gasteiger partial charge in [0, 0.05) is 0 Å². The van der Waals surface area contributed by atoms with E-state index in [1.807, 2.05) is 0 Å². The summed E-state index contributed by atoms with van der Waals surface area (Å²) in [5.74, 6) is 0. The van der Waals surface area contributed by atoms with Crippen molar-refractivity contribution in [1.82, 2.24) is 0 Å². The Bertz CT molecular complexity index is 593. The predicted molar refractivity (Wildman–Crippen MR) is 84.3 cm³/mol. The van der Waals surface area contributed by atoms with Gasteiger partial charge in [-0.05, 0) is 0 Å². The summed E-state index contributed by atoms with van der Waals surface area (Å²) in [7, 11) is -29.4. The van der Waals surface area contributed by atoms with Crippen LogP contribution in [0, 0.1) is 0 Å². The summed E-state index contributed by atoms with van der Waals surface area (Å²) in [4.78, 5) is 69.7. The molecule has 31 heavy (non-hydrogen) atoms. The SMILES string of the molecule is CS(=O)(=O)O.O=P(O)(O)F.O=P(O)(O)F.O=P(O)(O)F.O=P(O)(O)F.O=P(O)(O)F.[H-].[Li+]. The van der Waals surface area contributed by atoms with Crippen LogP contribution in [-0.2, 0) is 32.9 Å². The summed E-state index contributed by atoms with van der Waals surface area (Å²) >= 11 is 0. The number of halogens is 5. The van der Waals surface area contributed by atoms with Gasteiger partial charge >= 0.3 is 58.4 Å². The summed E-state index contributed by atoms with van der Waals surface area (Å²) < 4.78 is 121. The first-order valence-corrected chi connectivity index (χ1v) is 14.0. The zero-order valence-electron chi connectivity index (χ0n) is 15.3. The number of rotatable bonds is 0. The predicted octanol–water partition coefficient (Wildman–Crippen LogP) is -3.14.